The van der Waals surface area contributed by atoms with E-state index < -0.39 is 0 Å². The van der Waals surface area contributed by atoms with Gasteiger partial charge in [0.05, 0.1) is 0 Å². The summed E-state index contributed by atoms with van der Waals surface area (Å²) < 4.78 is 8.45. The molecule has 0 spiro atoms. The first-order valence-electron chi connectivity index (χ1n) is 5.39. The van der Waals surface area contributed by atoms with E-state index in [1.54, 1.807) is 18.5 Å². The van der Waals surface area contributed by atoms with Crippen molar-refractivity contribution in [3.05, 3.63) is 16.3 Å². The second-order valence-electron chi connectivity index (χ2n) is 3.79. The molecule has 86 valence electrons. The Kier molecular flexibility index (Phi) is 3.11. The van der Waals surface area contributed by atoms with Crippen LogP contribution in [0.2, 0.25) is 0 Å². The molecule has 1 aromatic heterocycles. The highest BCUT2D eigenvalue weighted by molar-refractivity contribution is 4.98. The molecule has 5 heteroatoms. The van der Waals surface area contributed by atoms with Crippen molar-refractivity contribution in [3.63, 3.8) is 0 Å². The fraction of sp³-hybridized carbons (Fsp3) is 0.636. The van der Waals surface area contributed by atoms with Crippen LogP contribution in [0.5, 0.6) is 0 Å². The molecule has 0 radical (unpaired) electrons. The number of nitrogens with zero attached hydrogens (tertiary/aromatic N) is 3. The lowest BCUT2D eigenvalue weighted by Gasteiger charge is -2.06. The third kappa shape index (κ3) is 1.89. The first kappa shape index (κ1) is 11.0. The standard InChI is InChI=1S/C11H15N3O2/c1-3-4-7-14-11(15)13(2)10(12-14)9-6-5-8-16-9/h9H,5-8H2,1-2H3. The Bertz CT molecular complexity index is 484. The van der Waals surface area contributed by atoms with Crippen LogP contribution in [0.15, 0.2) is 4.79 Å². The first-order valence-corrected chi connectivity index (χ1v) is 5.39. The molecule has 0 aromatic carbocycles. The van der Waals surface area contributed by atoms with Gasteiger partial charge in [-0.15, -0.1) is 5.92 Å². The highest BCUT2D eigenvalue weighted by Gasteiger charge is 2.24. The van der Waals surface area contributed by atoms with E-state index in [4.69, 9.17) is 4.74 Å². The SMILES string of the molecule is CC#CCn1nc(C2CCCO2)n(C)c1=O. The minimum Gasteiger partial charge on any atom is -0.370 e. The first-order chi connectivity index (χ1) is 7.74. The number of rotatable bonds is 2. The van der Waals surface area contributed by atoms with Crippen molar-refractivity contribution < 1.29 is 4.74 Å². The van der Waals surface area contributed by atoms with Gasteiger partial charge in [-0.3, -0.25) is 4.57 Å². The summed E-state index contributed by atoms with van der Waals surface area (Å²) in [7, 11) is 1.72. The lowest BCUT2D eigenvalue weighted by Crippen LogP contribution is -2.23. The molecule has 2 rings (SSSR count). The predicted molar refractivity (Wildman–Crippen MR) is 58.8 cm³/mol. The van der Waals surface area contributed by atoms with Gasteiger partial charge in [0, 0.05) is 13.7 Å². The summed E-state index contributed by atoms with van der Waals surface area (Å²) in [5.74, 6) is 6.29. The van der Waals surface area contributed by atoms with Crippen molar-refractivity contribution in [2.75, 3.05) is 6.61 Å². The Morgan fingerprint density at radius 3 is 3.06 bits per heavy atom. The minimum absolute atomic E-state index is 0.0338. The van der Waals surface area contributed by atoms with Crippen molar-refractivity contribution in [2.24, 2.45) is 7.05 Å². The molecular formula is C11H15N3O2. The zero-order valence-electron chi connectivity index (χ0n) is 9.56. The Morgan fingerprint density at radius 1 is 1.62 bits per heavy atom. The molecule has 0 aliphatic carbocycles. The van der Waals surface area contributed by atoms with Gasteiger partial charge >= 0.3 is 5.69 Å². The molecule has 1 unspecified atom stereocenters. The molecular weight excluding hydrogens is 206 g/mol. The second-order valence-corrected chi connectivity index (χ2v) is 3.79. The van der Waals surface area contributed by atoms with E-state index >= 15 is 0 Å². The quantitative estimate of drug-likeness (QED) is 0.681. The van der Waals surface area contributed by atoms with Crippen molar-refractivity contribution in [3.8, 4) is 11.8 Å². The topological polar surface area (TPSA) is 49.0 Å². The Labute approximate surface area is 94.0 Å². The Hall–Kier alpha value is -1.54. The molecule has 0 amide bonds. The molecule has 1 fully saturated rings. The Morgan fingerprint density at radius 2 is 2.44 bits per heavy atom. The van der Waals surface area contributed by atoms with E-state index in [1.165, 1.54) is 4.68 Å². The van der Waals surface area contributed by atoms with E-state index in [-0.39, 0.29) is 11.8 Å². The largest absolute Gasteiger partial charge is 0.370 e. The maximum atomic E-state index is 11.8. The van der Waals surface area contributed by atoms with Crippen LogP contribution in [-0.4, -0.2) is 21.0 Å². The highest BCUT2D eigenvalue weighted by atomic mass is 16.5. The fourth-order valence-electron chi connectivity index (χ4n) is 1.82. The van der Waals surface area contributed by atoms with Crippen molar-refractivity contribution in [2.45, 2.75) is 32.4 Å². The fourth-order valence-corrected chi connectivity index (χ4v) is 1.82. The number of aromatic nitrogens is 3. The summed E-state index contributed by atoms with van der Waals surface area (Å²) >= 11 is 0. The maximum absolute atomic E-state index is 11.8. The smallest absolute Gasteiger partial charge is 0.346 e. The predicted octanol–water partition coefficient (Wildman–Crippen LogP) is 0.457. The second kappa shape index (κ2) is 4.54. The van der Waals surface area contributed by atoms with E-state index in [0.717, 1.165) is 19.4 Å². The van der Waals surface area contributed by atoms with Gasteiger partial charge in [0.25, 0.3) is 0 Å². The lowest BCUT2D eigenvalue weighted by molar-refractivity contribution is 0.102. The van der Waals surface area contributed by atoms with Gasteiger partial charge in [-0.05, 0) is 19.8 Å². The summed E-state index contributed by atoms with van der Waals surface area (Å²) in [6.45, 7) is 2.84. The van der Waals surface area contributed by atoms with Crippen LogP contribution in [0, 0.1) is 11.8 Å². The van der Waals surface area contributed by atoms with Crippen LogP contribution < -0.4 is 5.69 Å². The van der Waals surface area contributed by atoms with E-state index in [1.807, 2.05) is 0 Å². The molecule has 0 bridgehead atoms. The summed E-state index contributed by atoms with van der Waals surface area (Å²) in [6, 6.07) is 0. The average molecular weight is 221 g/mol. The van der Waals surface area contributed by atoms with Gasteiger partial charge in [0.1, 0.15) is 12.6 Å². The van der Waals surface area contributed by atoms with Crippen LogP contribution >= 0.6 is 0 Å². The van der Waals surface area contributed by atoms with Crippen molar-refractivity contribution >= 4 is 0 Å². The number of hydrogen-bond acceptors (Lipinski definition) is 3. The molecule has 1 aliphatic rings. The van der Waals surface area contributed by atoms with Crippen LogP contribution in [0.1, 0.15) is 31.7 Å². The van der Waals surface area contributed by atoms with Crippen LogP contribution in [0.3, 0.4) is 0 Å². The lowest BCUT2D eigenvalue weighted by atomic mass is 10.2. The summed E-state index contributed by atoms with van der Waals surface area (Å²) in [5, 5.41) is 4.27. The van der Waals surface area contributed by atoms with Gasteiger partial charge in [0.2, 0.25) is 0 Å². The molecule has 1 aliphatic heterocycles. The summed E-state index contributed by atoms with van der Waals surface area (Å²) in [4.78, 5) is 11.8. The van der Waals surface area contributed by atoms with E-state index in [2.05, 4.69) is 16.9 Å². The zero-order valence-corrected chi connectivity index (χ0v) is 9.56. The van der Waals surface area contributed by atoms with Gasteiger partial charge in [-0.25, -0.2) is 9.48 Å². The van der Waals surface area contributed by atoms with E-state index in [9.17, 15) is 4.79 Å². The third-order valence-electron chi connectivity index (χ3n) is 2.70. The molecule has 1 saturated heterocycles. The minimum atomic E-state index is -0.131. The van der Waals surface area contributed by atoms with Gasteiger partial charge in [-0.2, -0.15) is 5.10 Å². The van der Waals surface area contributed by atoms with E-state index in [0.29, 0.717) is 12.4 Å². The summed E-state index contributed by atoms with van der Waals surface area (Å²) in [5.41, 5.74) is -0.131. The molecule has 16 heavy (non-hydrogen) atoms. The normalized spacial score (nSPS) is 19.5. The zero-order chi connectivity index (χ0) is 11.5. The van der Waals surface area contributed by atoms with Crippen molar-refractivity contribution in [1.82, 2.24) is 14.3 Å². The molecule has 1 atom stereocenters. The monoisotopic (exact) mass is 221 g/mol. The molecule has 5 nitrogen and oxygen atoms in total. The summed E-state index contributed by atoms with van der Waals surface area (Å²) in [6.07, 6.45) is 1.93. The molecule has 2 heterocycles. The maximum Gasteiger partial charge on any atom is 0.346 e. The molecule has 0 saturated carbocycles. The van der Waals surface area contributed by atoms with Crippen LogP contribution in [0.25, 0.3) is 0 Å². The van der Waals surface area contributed by atoms with Gasteiger partial charge in [-0.1, -0.05) is 5.92 Å². The van der Waals surface area contributed by atoms with Crippen LogP contribution in [-0.2, 0) is 18.3 Å². The number of ether oxygens (including phenoxy) is 1. The third-order valence-corrected chi connectivity index (χ3v) is 2.70. The van der Waals surface area contributed by atoms with Crippen LogP contribution in [0.4, 0.5) is 0 Å². The highest BCUT2D eigenvalue weighted by Crippen LogP contribution is 2.25. The molecule has 0 N–H and O–H groups in total. The Balaban J connectivity index is 2.31. The van der Waals surface area contributed by atoms with Crippen molar-refractivity contribution in [1.29, 1.82) is 0 Å². The average Bonchev–Trinajstić information content (AvgIpc) is 2.88. The van der Waals surface area contributed by atoms with Gasteiger partial charge < -0.3 is 4.74 Å². The molecule has 1 aromatic rings. The number of hydrogen-bond donors (Lipinski definition) is 0. The van der Waals surface area contributed by atoms with Gasteiger partial charge in [0.15, 0.2) is 5.82 Å².